The standard InChI is InChI=1S/C26H31FN4O4/c1-15(2)35-24-12-22-17(13-31(29-22)18-7-5-16(14-32)6-8-18)10-19(24)25(33)28-21-4-3-9-30(26(21)34)23-11-20(23)27/h3-4,9-10,12-13,15-16,18,20,23,32H,5-8,11,14H2,1-2H3,(H,28,33)/t16?,18?,20-,23+/m0/s1. The summed E-state index contributed by atoms with van der Waals surface area (Å²) in [4.78, 5) is 26.1. The average molecular weight is 483 g/mol. The van der Waals surface area contributed by atoms with Crippen LogP contribution in [0.1, 0.15) is 68.4 Å². The van der Waals surface area contributed by atoms with Crippen LogP contribution in [0.2, 0.25) is 0 Å². The summed E-state index contributed by atoms with van der Waals surface area (Å²) >= 11 is 0. The highest BCUT2D eigenvalue weighted by atomic mass is 19.1. The van der Waals surface area contributed by atoms with E-state index >= 15 is 0 Å². The molecule has 2 aromatic heterocycles. The molecule has 9 heteroatoms. The van der Waals surface area contributed by atoms with Gasteiger partial charge in [-0.1, -0.05) is 0 Å². The zero-order valence-corrected chi connectivity index (χ0v) is 20.0. The van der Waals surface area contributed by atoms with Crippen molar-refractivity contribution in [2.45, 2.75) is 70.3 Å². The minimum absolute atomic E-state index is 0.100. The van der Waals surface area contributed by atoms with Gasteiger partial charge in [0, 0.05) is 36.9 Å². The number of aliphatic hydroxyl groups is 1. The number of carbonyl (C=O) groups excluding carboxylic acids is 1. The lowest BCUT2D eigenvalue weighted by Crippen LogP contribution is -2.26. The maximum Gasteiger partial charge on any atom is 0.274 e. The summed E-state index contributed by atoms with van der Waals surface area (Å²) in [6, 6.07) is 6.45. The molecule has 2 aliphatic rings. The van der Waals surface area contributed by atoms with Gasteiger partial charge in [-0.2, -0.15) is 5.10 Å². The number of ether oxygens (including phenoxy) is 1. The van der Waals surface area contributed by atoms with Crippen LogP contribution in [-0.4, -0.2) is 44.2 Å². The molecule has 0 saturated heterocycles. The maximum absolute atomic E-state index is 13.5. The van der Waals surface area contributed by atoms with Crippen LogP contribution < -0.4 is 15.6 Å². The molecular weight excluding hydrogens is 451 g/mol. The van der Waals surface area contributed by atoms with Gasteiger partial charge in [-0.05, 0) is 63.6 Å². The van der Waals surface area contributed by atoms with Gasteiger partial charge in [0.15, 0.2) is 0 Å². The number of alkyl halides is 1. The van der Waals surface area contributed by atoms with Crippen LogP contribution in [0, 0.1) is 5.92 Å². The van der Waals surface area contributed by atoms with Crippen LogP contribution in [0.4, 0.5) is 10.1 Å². The van der Waals surface area contributed by atoms with Gasteiger partial charge < -0.3 is 19.7 Å². The van der Waals surface area contributed by atoms with Crippen LogP contribution in [0.25, 0.3) is 10.9 Å². The van der Waals surface area contributed by atoms with Gasteiger partial charge in [0.05, 0.1) is 29.3 Å². The van der Waals surface area contributed by atoms with Crippen LogP contribution in [-0.2, 0) is 0 Å². The lowest BCUT2D eigenvalue weighted by Gasteiger charge is -2.27. The molecule has 0 radical (unpaired) electrons. The van der Waals surface area contributed by atoms with Crippen LogP contribution in [0.5, 0.6) is 5.75 Å². The Hall–Kier alpha value is -3.20. The Morgan fingerprint density at radius 3 is 2.69 bits per heavy atom. The molecule has 8 nitrogen and oxygen atoms in total. The number of carbonyl (C=O) groups is 1. The van der Waals surface area contributed by atoms with E-state index in [0.717, 1.165) is 36.6 Å². The number of rotatable bonds is 7. The first-order chi connectivity index (χ1) is 16.8. The largest absolute Gasteiger partial charge is 0.490 e. The van der Waals surface area contributed by atoms with Crippen molar-refractivity contribution >= 4 is 22.5 Å². The molecule has 0 bridgehead atoms. The smallest absolute Gasteiger partial charge is 0.274 e. The van der Waals surface area contributed by atoms with Gasteiger partial charge in [-0.25, -0.2) is 4.39 Å². The number of aliphatic hydroxyl groups excluding tert-OH is 1. The second-order valence-electron chi connectivity index (χ2n) is 9.95. The summed E-state index contributed by atoms with van der Waals surface area (Å²) in [6.45, 7) is 3.98. The lowest BCUT2D eigenvalue weighted by molar-refractivity contribution is 0.102. The van der Waals surface area contributed by atoms with E-state index in [4.69, 9.17) is 9.84 Å². The summed E-state index contributed by atoms with van der Waals surface area (Å²) in [6.07, 6.45) is 6.43. The van der Waals surface area contributed by atoms with Crippen LogP contribution >= 0.6 is 0 Å². The van der Waals surface area contributed by atoms with Crippen LogP contribution in [0.3, 0.4) is 0 Å². The summed E-state index contributed by atoms with van der Waals surface area (Å²) in [5.41, 5.74) is 0.707. The minimum Gasteiger partial charge on any atom is -0.490 e. The van der Waals surface area contributed by atoms with E-state index in [1.165, 1.54) is 10.6 Å². The van der Waals surface area contributed by atoms with Crippen molar-refractivity contribution in [3.63, 3.8) is 0 Å². The molecule has 1 amide bonds. The number of hydrogen-bond donors (Lipinski definition) is 2. The highest BCUT2D eigenvalue weighted by Crippen LogP contribution is 2.38. The third kappa shape index (κ3) is 4.82. The number of aromatic nitrogens is 3. The van der Waals surface area contributed by atoms with Gasteiger partial charge in [0.2, 0.25) is 0 Å². The van der Waals surface area contributed by atoms with Gasteiger partial charge in [-0.15, -0.1) is 0 Å². The molecule has 2 aliphatic carbocycles. The molecule has 3 aromatic rings. The predicted molar refractivity (Wildman–Crippen MR) is 131 cm³/mol. The minimum atomic E-state index is -1.03. The molecule has 2 atom stereocenters. The van der Waals surface area contributed by atoms with Gasteiger partial charge >= 0.3 is 0 Å². The van der Waals surface area contributed by atoms with Crippen molar-refractivity contribution in [3.8, 4) is 5.75 Å². The zero-order valence-electron chi connectivity index (χ0n) is 20.0. The first-order valence-corrected chi connectivity index (χ1v) is 12.3. The van der Waals surface area contributed by atoms with E-state index in [2.05, 4.69) is 5.32 Å². The molecule has 0 unspecified atom stereocenters. The first kappa shape index (κ1) is 23.5. The maximum atomic E-state index is 13.5. The molecular formula is C26H31FN4O4. The number of pyridine rings is 1. The molecule has 5 rings (SSSR count). The SMILES string of the molecule is CC(C)Oc1cc2nn(C3CCC(CO)CC3)cc2cc1C(=O)Nc1cccn([C@@H]2C[C@@H]2F)c1=O. The van der Waals surface area contributed by atoms with Gasteiger partial charge in [0.25, 0.3) is 11.5 Å². The van der Waals surface area contributed by atoms with Gasteiger partial charge in [0.1, 0.15) is 17.6 Å². The zero-order chi connectivity index (χ0) is 24.7. The molecule has 2 fully saturated rings. The van der Waals surface area contributed by atoms with Crippen molar-refractivity contribution in [3.05, 3.63) is 52.6 Å². The van der Waals surface area contributed by atoms with Crippen LogP contribution in [0.15, 0.2) is 41.5 Å². The first-order valence-electron chi connectivity index (χ1n) is 12.3. The van der Waals surface area contributed by atoms with Crippen molar-refractivity contribution in [2.75, 3.05) is 11.9 Å². The Kier molecular flexibility index (Phi) is 6.35. The number of benzene rings is 1. The van der Waals surface area contributed by atoms with E-state index in [0.29, 0.717) is 23.7 Å². The van der Waals surface area contributed by atoms with E-state index in [1.807, 2.05) is 24.7 Å². The molecule has 1 aromatic carbocycles. The van der Waals surface area contributed by atoms with E-state index in [-0.39, 0.29) is 24.4 Å². The predicted octanol–water partition coefficient (Wildman–Crippen LogP) is 4.24. The number of halogens is 1. The molecule has 2 N–H and O–H groups in total. The Balaban J connectivity index is 1.44. The van der Waals surface area contributed by atoms with Crippen molar-refractivity contribution in [1.29, 1.82) is 0 Å². The summed E-state index contributed by atoms with van der Waals surface area (Å²) in [7, 11) is 0. The quantitative estimate of drug-likeness (QED) is 0.525. The number of hydrogen-bond acceptors (Lipinski definition) is 5. The topological polar surface area (TPSA) is 98.4 Å². The highest BCUT2D eigenvalue weighted by Gasteiger charge is 2.40. The Morgan fingerprint density at radius 1 is 1.29 bits per heavy atom. The molecule has 186 valence electrons. The highest BCUT2D eigenvalue weighted by molar-refractivity contribution is 6.08. The fourth-order valence-electron chi connectivity index (χ4n) is 4.88. The Morgan fingerprint density at radius 2 is 2.03 bits per heavy atom. The Bertz CT molecular complexity index is 1290. The average Bonchev–Trinajstić information content (AvgIpc) is 3.41. The number of fused-ring (bicyclic) bond motifs is 1. The Labute approximate surface area is 202 Å². The van der Waals surface area contributed by atoms with Crippen molar-refractivity contribution in [1.82, 2.24) is 14.3 Å². The number of nitrogens with one attached hydrogen (secondary N) is 1. The fraction of sp³-hybridized carbons (Fsp3) is 0.500. The number of amides is 1. The van der Waals surface area contributed by atoms with E-state index < -0.39 is 23.7 Å². The second-order valence-corrected chi connectivity index (χ2v) is 9.95. The van der Waals surface area contributed by atoms with Crippen molar-refractivity contribution in [2.24, 2.45) is 5.92 Å². The van der Waals surface area contributed by atoms with E-state index in [1.54, 1.807) is 24.4 Å². The van der Waals surface area contributed by atoms with E-state index in [9.17, 15) is 19.1 Å². The van der Waals surface area contributed by atoms with Crippen molar-refractivity contribution < 1.29 is 19.0 Å². The lowest BCUT2D eigenvalue weighted by atomic mass is 9.87. The fourth-order valence-corrected chi connectivity index (χ4v) is 4.88. The molecule has 35 heavy (non-hydrogen) atoms. The normalized spacial score (nSPS) is 24.0. The summed E-state index contributed by atoms with van der Waals surface area (Å²) in [5.74, 6) is 0.276. The number of nitrogens with zero attached hydrogens (tertiary/aromatic N) is 3. The summed E-state index contributed by atoms with van der Waals surface area (Å²) < 4.78 is 22.7. The second kappa shape index (κ2) is 9.45. The monoisotopic (exact) mass is 482 g/mol. The van der Waals surface area contributed by atoms with Gasteiger partial charge in [-0.3, -0.25) is 14.3 Å². The third-order valence-corrected chi connectivity index (χ3v) is 6.94. The number of anilines is 1. The molecule has 0 spiro atoms. The molecule has 0 aliphatic heterocycles. The molecule has 2 heterocycles. The third-order valence-electron chi connectivity index (χ3n) is 6.94. The summed E-state index contributed by atoms with van der Waals surface area (Å²) in [5, 5.41) is 17.7. The molecule has 2 saturated carbocycles.